The molecular weight excluding hydrogens is 1770 g/mol. The second kappa shape index (κ2) is 36.5. The molecule has 0 fully saturated rings. The van der Waals surface area contributed by atoms with Crippen LogP contribution in [0.3, 0.4) is 0 Å². The molecule has 10 nitrogen and oxygen atoms in total. The van der Waals surface area contributed by atoms with Crippen LogP contribution in [-0.4, -0.2) is 39.0 Å². The molecule has 0 aliphatic heterocycles. The highest BCUT2D eigenvalue weighted by Crippen LogP contribution is 2.47. The highest BCUT2D eigenvalue weighted by molar-refractivity contribution is 6.20. The van der Waals surface area contributed by atoms with Gasteiger partial charge in [-0.2, -0.15) is 0 Å². The van der Waals surface area contributed by atoms with E-state index in [1.807, 2.05) is 0 Å². The average Bonchev–Trinajstić information content (AvgIpc) is 1.73. The van der Waals surface area contributed by atoms with Gasteiger partial charge in [0.2, 0.25) is 0 Å². The summed E-state index contributed by atoms with van der Waals surface area (Å²) < 4.78 is 4.69. The predicted octanol–water partition coefficient (Wildman–Crippen LogP) is 36.1. The Kier molecular flexibility index (Phi) is 21.4. The molecule has 0 spiro atoms. The number of rotatable bonds is 14. The lowest BCUT2D eigenvalue weighted by Crippen LogP contribution is -2.12. The molecule has 0 saturated carbocycles. The molecule has 0 N–H and O–H groups in total. The van der Waals surface area contributed by atoms with E-state index in [2.05, 4.69) is 553 Å². The number of anilines is 6. The molecule has 0 atom stereocenters. The number of benzene rings is 21. The minimum atomic E-state index is 0.898. The first-order valence-corrected chi connectivity index (χ1v) is 49.5. The molecular formula is C136H88N10. The normalized spacial score (nSPS) is 11.6. The van der Waals surface area contributed by atoms with Crippen LogP contribution >= 0.6 is 0 Å². The molecule has 21 aromatic carbocycles. The molecule has 146 heavy (non-hydrogen) atoms. The van der Waals surface area contributed by atoms with Crippen LogP contribution in [0, 0.1) is 0 Å². The Bertz CT molecular complexity index is 10000. The largest absolute Gasteiger partial charge is 0.311 e. The van der Waals surface area contributed by atoms with E-state index < -0.39 is 0 Å². The third kappa shape index (κ3) is 15.3. The van der Waals surface area contributed by atoms with Gasteiger partial charge in [0.15, 0.2) is 0 Å². The molecule has 0 saturated heterocycles. The number of nitrogens with zero attached hydrogens (tertiary/aromatic N) is 10. The second-order valence-corrected chi connectivity index (χ2v) is 37.1. The van der Waals surface area contributed by atoms with Gasteiger partial charge < -0.3 is 18.9 Å². The van der Waals surface area contributed by atoms with Crippen LogP contribution in [0.1, 0.15) is 0 Å². The Balaban J connectivity index is 0.000000111. The van der Waals surface area contributed by atoms with Crippen molar-refractivity contribution in [1.29, 1.82) is 0 Å². The van der Waals surface area contributed by atoms with Gasteiger partial charge in [-0.05, 0) is 191 Å². The first kappa shape index (κ1) is 85.5. The van der Waals surface area contributed by atoms with Crippen LogP contribution in [0.25, 0.3) is 231 Å². The van der Waals surface area contributed by atoms with Crippen LogP contribution < -0.4 is 9.80 Å². The van der Waals surface area contributed by atoms with Gasteiger partial charge in [-0.1, -0.05) is 370 Å². The Morgan fingerprint density at radius 3 is 0.884 bits per heavy atom. The van der Waals surface area contributed by atoms with Gasteiger partial charge in [0.25, 0.3) is 0 Å². The van der Waals surface area contributed by atoms with Crippen LogP contribution in [0.5, 0.6) is 0 Å². The zero-order valence-corrected chi connectivity index (χ0v) is 79.3. The van der Waals surface area contributed by atoms with Gasteiger partial charge in [-0.15, -0.1) is 0 Å². The number of hydrogen-bond donors (Lipinski definition) is 0. The molecule has 0 amide bonds. The summed E-state index contributed by atoms with van der Waals surface area (Å²) in [4.78, 5) is 36.2. The maximum atomic E-state index is 5.34. The Morgan fingerprint density at radius 1 is 0.144 bits per heavy atom. The van der Waals surface area contributed by atoms with Gasteiger partial charge in [0, 0.05) is 149 Å². The van der Waals surface area contributed by atoms with Crippen LogP contribution in [0.2, 0.25) is 0 Å². The van der Waals surface area contributed by atoms with Crippen LogP contribution in [0.15, 0.2) is 534 Å². The van der Waals surface area contributed by atoms with E-state index in [1.54, 1.807) is 0 Å². The van der Waals surface area contributed by atoms with Crippen molar-refractivity contribution in [3.8, 4) is 78.5 Å². The van der Waals surface area contributed by atoms with Crippen molar-refractivity contribution in [2.24, 2.45) is 0 Å². The molecule has 0 unspecified atom stereocenters. The van der Waals surface area contributed by atoms with E-state index in [4.69, 9.17) is 29.9 Å². The summed E-state index contributed by atoms with van der Waals surface area (Å²) in [5.41, 5.74) is 35.0. The standard InChI is InChI=1S/C56H38N4.2C40H25N3/c1-4-15-41(16-5-1)54-50-22-12-13-23-53(50)58-56-51(54)36-27-42-28-37-52(57-55(42)56)40-25-29-46(30-26-40)60(49-31-24-39-14-10-11-17-43(39)38-49)48-34-32-47(33-35-48)59(44-18-6-2-7-19-44)45-20-8-3-9-21-45;1-3-11-26(12-4-1)38-31-16-7-9-17-35(31)42-40-32(38)22-19-27-20-23-34(41-39(27)40)28-21-24-37-33(25-28)30-15-8-10-18-36(30)43(37)29-13-5-2-6-14-29;1-2-11-26(12-3-1)38-32-17-4-7-18-35(32)42-40-33(38)23-21-27-22-24-34(41-39(27)40)28-13-10-14-29(25-28)43-36-19-8-5-15-30(36)31-16-6-9-20-37(31)43/h1-38H;2*1-25H. The summed E-state index contributed by atoms with van der Waals surface area (Å²) in [6.45, 7) is 0. The van der Waals surface area contributed by atoms with Crippen molar-refractivity contribution in [2.45, 2.75) is 0 Å². The van der Waals surface area contributed by atoms with Crippen molar-refractivity contribution >= 4 is 187 Å². The third-order valence-electron chi connectivity index (χ3n) is 28.5. The first-order valence-electron chi connectivity index (χ1n) is 49.5. The maximum absolute atomic E-state index is 5.34. The number of aromatic nitrogens is 8. The fourth-order valence-corrected chi connectivity index (χ4v) is 21.7. The Morgan fingerprint density at radius 2 is 0.438 bits per heavy atom. The van der Waals surface area contributed by atoms with Crippen molar-refractivity contribution in [2.75, 3.05) is 9.80 Å². The average molecular weight is 1860 g/mol. The van der Waals surface area contributed by atoms with Gasteiger partial charge in [0.05, 0.1) is 88.8 Å². The van der Waals surface area contributed by atoms with Crippen molar-refractivity contribution < 1.29 is 0 Å². The van der Waals surface area contributed by atoms with E-state index >= 15 is 0 Å². The monoisotopic (exact) mass is 1860 g/mol. The summed E-state index contributed by atoms with van der Waals surface area (Å²) in [7, 11) is 0. The fraction of sp³-hybridized carbons (Fsp3) is 0. The van der Waals surface area contributed by atoms with Gasteiger partial charge >= 0.3 is 0 Å². The van der Waals surface area contributed by atoms with Crippen LogP contribution in [0.4, 0.5) is 34.1 Å². The van der Waals surface area contributed by atoms with Crippen LogP contribution in [-0.2, 0) is 0 Å². The molecule has 29 aromatic rings. The third-order valence-corrected chi connectivity index (χ3v) is 28.5. The molecule has 0 aliphatic carbocycles. The van der Waals surface area contributed by atoms with Gasteiger partial charge in [0.1, 0.15) is 0 Å². The fourth-order valence-electron chi connectivity index (χ4n) is 21.7. The maximum Gasteiger partial charge on any atom is 0.0978 e. The Labute approximate surface area is 841 Å². The quantitative estimate of drug-likeness (QED) is 0.0785. The van der Waals surface area contributed by atoms with E-state index in [0.29, 0.717) is 0 Å². The van der Waals surface area contributed by atoms with Crippen molar-refractivity contribution in [3.05, 3.63) is 534 Å². The highest BCUT2D eigenvalue weighted by Gasteiger charge is 2.25. The van der Waals surface area contributed by atoms with E-state index in [0.717, 1.165) is 177 Å². The lowest BCUT2D eigenvalue weighted by molar-refractivity contribution is 1.18. The summed E-state index contributed by atoms with van der Waals surface area (Å²) >= 11 is 0. The SMILES string of the molecule is c1ccc(-c2c3ccccc3nc3c2ccc2ccc(-c4ccc(N(c5ccc(N(c6ccccc6)c6ccccc6)cc5)c5ccc6ccccc6c5)cc4)nc23)cc1.c1ccc(-c2c3ccccc3nc3c2ccc2ccc(-c4ccc5c(c4)c4ccccc4n5-c4ccccc4)nc23)cc1.c1ccc(-c2c3ccccc3nc3c2ccc2ccc(-c4cccc(-n5c6ccccc6c6ccccc65)c4)nc23)cc1. The number of hydrogen-bond acceptors (Lipinski definition) is 8. The molecule has 0 radical (unpaired) electrons. The Hall–Kier alpha value is -19.7. The molecule has 0 bridgehead atoms. The topological polar surface area (TPSA) is 93.7 Å². The minimum absolute atomic E-state index is 0.898. The van der Waals surface area contributed by atoms with Gasteiger partial charge in [-0.3, -0.25) is 0 Å². The summed E-state index contributed by atoms with van der Waals surface area (Å²) in [6, 6.07) is 189. The number of para-hydroxylation sites is 9. The lowest BCUT2D eigenvalue weighted by Gasteiger charge is -2.28. The molecule has 29 rings (SSSR count). The van der Waals surface area contributed by atoms with Crippen molar-refractivity contribution in [3.63, 3.8) is 0 Å². The van der Waals surface area contributed by atoms with E-state index in [-0.39, 0.29) is 0 Å². The van der Waals surface area contributed by atoms with E-state index in [1.165, 1.54) is 87.8 Å². The molecule has 682 valence electrons. The number of fused-ring (bicyclic) bond motifs is 19. The smallest absolute Gasteiger partial charge is 0.0978 e. The predicted molar refractivity (Wildman–Crippen MR) is 612 cm³/mol. The zero-order chi connectivity index (χ0) is 96.5. The highest BCUT2D eigenvalue weighted by atomic mass is 15.2. The summed E-state index contributed by atoms with van der Waals surface area (Å²) in [6.07, 6.45) is 0. The second-order valence-electron chi connectivity index (χ2n) is 37.1. The number of pyridine rings is 6. The van der Waals surface area contributed by atoms with Crippen molar-refractivity contribution in [1.82, 2.24) is 39.0 Å². The summed E-state index contributed by atoms with van der Waals surface area (Å²) in [5, 5.41) is 17.3. The first-order chi connectivity index (χ1) is 72.4. The summed E-state index contributed by atoms with van der Waals surface area (Å²) in [5.74, 6) is 0. The van der Waals surface area contributed by atoms with E-state index in [9.17, 15) is 0 Å². The zero-order valence-electron chi connectivity index (χ0n) is 79.3. The molecule has 8 heterocycles. The minimum Gasteiger partial charge on any atom is -0.311 e. The molecule has 10 heteroatoms. The lowest BCUT2D eigenvalue weighted by atomic mass is 9.95. The molecule has 8 aromatic heterocycles. The van der Waals surface area contributed by atoms with Gasteiger partial charge in [-0.25, -0.2) is 29.9 Å². The molecule has 0 aliphatic rings.